The van der Waals surface area contributed by atoms with E-state index in [0.717, 1.165) is 33.3 Å². The Morgan fingerprint density at radius 3 is 2.76 bits per heavy atom. The fraction of sp³-hybridized carbons (Fsp3) is 0.250. The van der Waals surface area contributed by atoms with Gasteiger partial charge in [-0.1, -0.05) is 31.2 Å². The monoisotopic (exact) mass is 344 g/mol. The van der Waals surface area contributed by atoms with Gasteiger partial charge in [0, 0.05) is 12.4 Å². The summed E-state index contributed by atoms with van der Waals surface area (Å²) in [6.45, 7) is 2.95. The molecule has 21 heavy (non-hydrogen) atoms. The first-order chi connectivity index (χ1) is 10.2. The fourth-order valence-electron chi connectivity index (χ4n) is 2.53. The Balaban J connectivity index is 2.11. The molecule has 0 aliphatic carbocycles. The van der Waals surface area contributed by atoms with Crippen molar-refractivity contribution in [1.82, 2.24) is 20.1 Å². The topological polar surface area (TPSA) is 42.7 Å². The highest BCUT2D eigenvalue weighted by Crippen LogP contribution is 2.28. The maximum absolute atomic E-state index is 4.81. The number of nitrogens with one attached hydrogen (secondary N) is 1. The van der Waals surface area contributed by atoms with E-state index in [2.05, 4.69) is 51.5 Å². The number of benzene rings is 1. The lowest BCUT2D eigenvalue weighted by atomic mass is 10.1. The van der Waals surface area contributed by atoms with E-state index in [0.29, 0.717) is 0 Å². The Bertz CT molecular complexity index is 746. The molecule has 0 fully saturated rings. The molecule has 1 atom stereocenters. The molecule has 0 spiro atoms. The first kappa shape index (κ1) is 14.2. The molecule has 1 unspecified atom stereocenters. The molecule has 5 heteroatoms. The van der Waals surface area contributed by atoms with Gasteiger partial charge in [-0.15, -0.1) is 0 Å². The Hall–Kier alpha value is -1.72. The van der Waals surface area contributed by atoms with E-state index >= 15 is 0 Å². The van der Waals surface area contributed by atoms with Gasteiger partial charge < -0.3 is 5.32 Å². The van der Waals surface area contributed by atoms with Gasteiger partial charge in [0.1, 0.15) is 0 Å². The smallest absolute Gasteiger partial charge is 0.0933 e. The lowest BCUT2D eigenvalue weighted by Crippen LogP contribution is -2.25. The van der Waals surface area contributed by atoms with Crippen molar-refractivity contribution in [3.8, 4) is 0 Å². The molecule has 0 aliphatic rings. The maximum atomic E-state index is 4.81. The molecule has 0 amide bonds. The van der Waals surface area contributed by atoms with Crippen molar-refractivity contribution in [2.24, 2.45) is 7.05 Å². The Morgan fingerprint density at radius 1 is 1.24 bits per heavy atom. The van der Waals surface area contributed by atoms with E-state index in [1.807, 2.05) is 36.1 Å². The molecule has 0 saturated carbocycles. The molecule has 0 bridgehead atoms. The molecule has 0 radical (unpaired) electrons. The molecule has 0 aliphatic heterocycles. The van der Waals surface area contributed by atoms with Crippen LogP contribution in [0.1, 0.15) is 24.4 Å². The van der Waals surface area contributed by atoms with Crippen LogP contribution in [0, 0.1) is 0 Å². The molecular formula is C16H17BrN4. The van der Waals surface area contributed by atoms with Crippen LogP contribution in [0.5, 0.6) is 0 Å². The molecule has 2 aromatic heterocycles. The number of halogens is 1. The highest BCUT2D eigenvalue weighted by molar-refractivity contribution is 9.10. The van der Waals surface area contributed by atoms with E-state index in [9.17, 15) is 0 Å². The van der Waals surface area contributed by atoms with Crippen molar-refractivity contribution in [1.29, 1.82) is 0 Å². The summed E-state index contributed by atoms with van der Waals surface area (Å²) in [5, 5.41) is 8.96. The Morgan fingerprint density at radius 2 is 2.05 bits per heavy atom. The van der Waals surface area contributed by atoms with E-state index in [1.165, 1.54) is 0 Å². The van der Waals surface area contributed by atoms with Crippen LogP contribution in [0.2, 0.25) is 0 Å². The SMILES string of the molecule is CCNC(c1ccc2ccccc2n1)c1c(Br)cnn1C. The average Bonchev–Trinajstić information content (AvgIpc) is 2.84. The second-order valence-electron chi connectivity index (χ2n) is 4.92. The lowest BCUT2D eigenvalue weighted by Gasteiger charge is -2.19. The third-order valence-corrected chi connectivity index (χ3v) is 4.15. The van der Waals surface area contributed by atoms with Gasteiger partial charge in [-0.3, -0.25) is 9.67 Å². The summed E-state index contributed by atoms with van der Waals surface area (Å²) in [6, 6.07) is 12.4. The van der Waals surface area contributed by atoms with Crippen LogP contribution in [0.15, 0.2) is 47.1 Å². The van der Waals surface area contributed by atoms with Crippen LogP contribution in [-0.2, 0) is 7.05 Å². The van der Waals surface area contributed by atoms with E-state index in [4.69, 9.17) is 4.98 Å². The molecule has 3 aromatic rings. The van der Waals surface area contributed by atoms with Crippen molar-refractivity contribution in [2.45, 2.75) is 13.0 Å². The molecule has 4 nitrogen and oxygen atoms in total. The van der Waals surface area contributed by atoms with Gasteiger partial charge in [-0.25, -0.2) is 0 Å². The number of hydrogen-bond acceptors (Lipinski definition) is 3. The van der Waals surface area contributed by atoms with Gasteiger partial charge in [0.25, 0.3) is 0 Å². The van der Waals surface area contributed by atoms with Gasteiger partial charge in [-0.2, -0.15) is 5.10 Å². The zero-order valence-electron chi connectivity index (χ0n) is 12.0. The van der Waals surface area contributed by atoms with Crippen LogP contribution in [0.3, 0.4) is 0 Å². The number of para-hydroxylation sites is 1. The van der Waals surface area contributed by atoms with Crippen molar-refractivity contribution >= 4 is 26.8 Å². The van der Waals surface area contributed by atoms with Crippen molar-refractivity contribution in [3.05, 3.63) is 58.5 Å². The normalized spacial score (nSPS) is 12.7. The number of aromatic nitrogens is 3. The van der Waals surface area contributed by atoms with E-state index in [1.54, 1.807) is 0 Å². The minimum absolute atomic E-state index is 0.0153. The predicted molar refractivity (Wildman–Crippen MR) is 88.2 cm³/mol. The van der Waals surface area contributed by atoms with Gasteiger partial charge in [-0.05, 0) is 34.6 Å². The first-order valence-electron chi connectivity index (χ1n) is 6.97. The highest BCUT2D eigenvalue weighted by atomic mass is 79.9. The van der Waals surface area contributed by atoms with E-state index in [-0.39, 0.29) is 6.04 Å². The molecule has 3 rings (SSSR count). The van der Waals surface area contributed by atoms with Gasteiger partial charge in [0.15, 0.2) is 0 Å². The number of hydrogen-bond donors (Lipinski definition) is 1. The summed E-state index contributed by atoms with van der Waals surface area (Å²) in [5.41, 5.74) is 3.09. The summed E-state index contributed by atoms with van der Waals surface area (Å²) in [5.74, 6) is 0. The number of aryl methyl sites for hydroxylation is 1. The summed E-state index contributed by atoms with van der Waals surface area (Å²) in [4.78, 5) is 4.81. The quantitative estimate of drug-likeness (QED) is 0.788. The molecule has 108 valence electrons. The zero-order chi connectivity index (χ0) is 14.8. The minimum Gasteiger partial charge on any atom is -0.304 e. The number of fused-ring (bicyclic) bond motifs is 1. The minimum atomic E-state index is 0.0153. The summed E-state index contributed by atoms with van der Waals surface area (Å²) in [6.07, 6.45) is 1.82. The molecule has 0 saturated heterocycles. The standard InChI is InChI=1S/C16H17BrN4/c1-3-18-15(16-12(17)10-19-21(16)2)14-9-8-11-6-4-5-7-13(11)20-14/h4-10,15,18H,3H2,1-2H3. The van der Waals surface area contributed by atoms with Crippen molar-refractivity contribution < 1.29 is 0 Å². The Kier molecular flexibility index (Phi) is 4.03. The zero-order valence-corrected chi connectivity index (χ0v) is 13.6. The van der Waals surface area contributed by atoms with E-state index < -0.39 is 0 Å². The second-order valence-corrected chi connectivity index (χ2v) is 5.78. The van der Waals surface area contributed by atoms with Crippen LogP contribution in [0.25, 0.3) is 10.9 Å². The summed E-state index contributed by atoms with van der Waals surface area (Å²) in [7, 11) is 1.95. The van der Waals surface area contributed by atoms with Crippen LogP contribution < -0.4 is 5.32 Å². The second kappa shape index (κ2) is 5.95. The molecular weight excluding hydrogens is 328 g/mol. The number of pyridine rings is 1. The molecule has 1 aromatic carbocycles. The van der Waals surface area contributed by atoms with Crippen LogP contribution in [0.4, 0.5) is 0 Å². The largest absolute Gasteiger partial charge is 0.304 e. The van der Waals surface area contributed by atoms with Gasteiger partial charge in [0.05, 0.1) is 33.6 Å². The summed E-state index contributed by atoms with van der Waals surface area (Å²) >= 11 is 3.58. The molecule has 1 N–H and O–H groups in total. The third kappa shape index (κ3) is 2.71. The predicted octanol–water partition coefficient (Wildman–Crippen LogP) is 3.43. The Labute approximate surface area is 132 Å². The first-order valence-corrected chi connectivity index (χ1v) is 7.76. The third-order valence-electron chi connectivity index (χ3n) is 3.54. The van der Waals surface area contributed by atoms with Crippen LogP contribution >= 0.6 is 15.9 Å². The van der Waals surface area contributed by atoms with Crippen LogP contribution in [-0.4, -0.2) is 21.3 Å². The highest BCUT2D eigenvalue weighted by Gasteiger charge is 2.21. The van der Waals surface area contributed by atoms with Gasteiger partial charge in [0.2, 0.25) is 0 Å². The molecule has 2 heterocycles. The van der Waals surface area contributed by atoms with Gasteiger partial charge >= 0.3 is 0 Å². The average molecular weight is 345 g/mol. The number of nitrogens with zero attached hydrogens (tertiary/aromatic N) is 3. The maximum Gasteiger partial charge on any atom is 0.0933 e. The van der Waals surface area contributed by atoms with Crippen molar-refractivity contribution in [3.63, 3.8) is 0 Å². The van der Waals surface area contributed by atoms with Crippen molar-refractivity contribution in [2.75, 3.05) is 6.54 Å². The summed E-state index contributed by atoms with van der Waals surface area (Å²) < 4.78 is 2.87. The lowest BCUT2D eigenvalue weighted by molar-refractivity contribution is 0.561. The fourth-order valence-corrected chi connectivity index (χ4v) is 3.11. The number of rotatable bonds is 4.